The third-order valence-electron chi connectivity index (χ3n) is 4.12. The van der Waals surface area contributed by atoms with E-state index in [1.165, 1.54) is 11.3 Å². The van der Waals surface area contributed by atoms with Crippen molar-refractivity contribution in [2.24, 2.45) is 0 Å². The molecular formula is C20H16ClN5O2S. The largest absolute Gasteiger partial charge is 0.471 e. The minimum atomic E-state index is -0.245. The second-order valence-electron chi connectivity index (χ2n) is 6.07. The molecule has 4 rings (SSSR count). The van der Waals surface area contributed by atoms with Crippen LogP contribution in [0.15, 0.2) is 54.0 Å². The molecule has 0 aliphatic carbocycles. The molecular weight excluding hydrogens is 410 g/mol. The standard InChI is InChI=1S/C20H16ClN5O2S/c1-22-19(27)16-10-12(6-8-23-16)11-28-20-17-15(7-9-29-17)18(25-26-20)24-14-4-2-13(21)3-5-14/h2-10H,11H2,1H3,(H,22,27)(H,24,25). The van der Waals surface area contributed by atoms with Crippen LogP contribution in [0.25, 0.3) is 10.1 Å². The fourth-order valence-electron chi connectivity index (χ4n) is 2.68. The first-order valence-corrected chi connectivity index (χ1v) is 9.96. The van der Waals surface area contributed by atoms with E-state index < -0.39 is 0 Å². The molecule has 0 radical (unpaired) electrons. The molecule has 4 aromatic rings. The van der Waals surface area contributed by atoms with Crippen LogP contribution in [0.4, 0.5) is 11.5 Å². The number of hydrogen-bond acceptors (Lipinski definition) is 7. The van der Waals surface area contributed by atoms with Gasteiger partial charge >= 0.3 is 0 Å². The Balaban J connectivity index is 1.54. The molecule has 9 heteroatoms. The Kier molecular flexibility index (Phi) is 5.55. The molecule has 3 heterocycles. The first-order valence-electron chi connectivity index (χ1n) is 8.70. The van der Waals surface area contributed by atoms with Crippen molar-refractivity contribution in [3.63, 3.8) is 0 Å². The summed E-state index contributed by atoms with van der Waals surface area (Å²) in [7, 11) is 1.57. The van der Waals surface area contributed by atoms with Gasteiger partial charge in [0.05, 0.1) is 0 Å². The van der Waals surface area contributed by atoms with Crippen molar-refractivity contribution in [2.45, 2.75) is 6.61 Å². The number of carbonyl (C=O) groups is 1. The number of carbonyl (C=O) groups excluding carboxylic acids is 1. The van der Waals surface area contributed by atoms with E-state index >= 15 is 0 Å². The minimum absolute atomic E-state index is 0.245. The van der Waals surface area contributed by atoms with Crippen molar-refractivity contribution in [2.75, 3.05) is 12.4 Å². The second-order valence-corrected chi connectivity index (χ2v) is 7.42. The molecule has 7 nitrogen and oxygen atoms in total. The summed E-state index contributed by atoms with van der Waals surface area (Å²) in [5.74, 6) is 0.835. The highest BCUT2D eigenvalue weighted by Gasteiger charge is 2.13. The van der Waals surface area contributed by atoms with Crippen molar-refractivity contribution < 1.29 is 9.53 Å². The third-order valence-corrected chi connectivity index (χ3v) is 5.28. The van der Waals surface area contributed by atoms with Gasteiger partial charge < -0.3 is 15.4 Å². The molecule has 0 saturated carbocycles. The highest BCUT2D eigenvalue weighted by molar-refractivity contribution is 7.17. The molecule has 0 unspecified atom stereocenters. The Hall–Kier alpha value is -3.23. The summed E-state index contributed by atoms with van der Waals surface area (Å²) in [5.41, 5.74) is 2.01. The first-order chi connectivity index (χ1) is 14.1. The number of thiophene rings is 1. The normalized spacial score (nSPS) is 10.7. The number of halogens is 1. The summed E-state index contributed by atoms with van der Waals surface area (Å²) in [4.78, 5) is 15.8. The van der Waals surface area contributed by atoms with Gasteiger partial charge in [-0.05, 0) is 53.4 Å². The monoisotopic (exact) mass is 425 g/mol. The van der Waals surface area contributed by atoms with Gasteiger partial charge in [0, 0.05) is 29.3 Å². The van der Waals surface area contributed by atoms with Crippen molar-refractivity contribution in [1.29, 1.82) is 0 Å². The SMILES string of the molecule is CNC(=O)c1cc(COc2nnc(Nc3ccc(Cl)cc3)c3ccsc23)ccn1. The van der Waals surface area contributed by atoms with Gasteiger partial charge in [-0.1, -0.05) is 11.6 Å². The van der Waals surface area contributed by atoms with E-state index in [1.807, 2.05) is 23.6 Å². The number of nitrogens with zero attached hydrogens (tertiary/aromatic N) is 3. The maximum atomic E-state index is 11.7. The van der Waals surface area contributed by atoms with E-state index in [4.69, 9.17) is 16.3 Å². The lowest BCUT2D eigenvalue weighted by atomic mass is 10.2. The van der Waals surface area contributed by atoms with Crippen molar-refractivity contribution >= 4 is 50.4 Å². The van der Waals surface area contributed by atoms with E-state index in [1.54, 1.807) is 37.5 Å². The van der Waals surface area contributed by atoms with Crippen LogP contribution in [-0.4, -0.2) is 28.1 Å². The lowest BCUT2D eigenvalue weighted by Gasteiger charge is -2.10. The Morgan fingerprint density at radius 2 is 2.00 bits per heavy atom. The van der Waals surface area contributed by atoms with E-state index in [0.29, 0.717) is 22.4 Å². The molecule has 0 aliphatic heterocycles. The van der Waals surface area contributed by atoms with Crippen LogP contribution in [0.1, 0.15) is 16.1 Å². The van der Waals surface area contributed by atoms with Gasteiger partial charge in [-0.2, -0.15) is 0 Å². The Morgan fingerprint density at radius 3 is 2.79 bits per heavy atom. The second kappa shape index (κ2) is 8.42. The molecule has 2 N–H and O–H groups in total. The fraction of sp³-hybridized carbons (Fsp3) is 0.100. The van der Waals surface area contributed by atoms with Crippen molar-refractivity contribution in [3.8, 4) is 5.88 Å². The van der Waals surface area contributed by atoms with E-state index in [0.717, 1.165) is 21.3 Å². The number of anilines is 2. The predicted octanol–water partition coefficient (Wildman–Crippen LogP) is 4.42. The van der Waals surface area contributed by atoms with Gasteiger partial charge in [-0.3, -0.25) is 9.78 Å². The van der Waals surface area contributed by atoms with Crippen LogP contribution in [0.5, 0.6) is 5.88 Å². The van der Waals surface area contributed by atoms with Gasteiger partial charge in [0.2, 0.25) is 0 Å². The summed E-state index contributed by atoms with van der Waals surface area (Å²) < 4.78 is 6.77. The number of amides is 1. The summed E-state index contributed by atoms with van der Waals surface area (Å²) in [6, 6.07) is 12.8. The first kappa shape index (κ1) is 19.1. The van der Waals surface area contributed by atoms with Crippen LogP contribution in [-0.2, 0) is 6.61 Å². The van der Waals surface area contributed by atoms with E-state index in [-0.39, 0.29) is 12.5 Å². The summed E-state index contributed by atoms with van der Waals surface area (Å²) in [6.07, 6.45) is 1.58. The topological polar surface area (TPSA) is 89.0 Å². The Labute approximate surface area is 175 Å². The molecule has 0 atom stereocenters. The molecule has 0 aliphatic rings. The number of nitrogens with one attached hydrogen (secondary N) is 2. The zero-order valence-corrected chi connectivity index (χ0v) is 16.9. The van der Waals surface area contributed by atoms with Crippen LogP contribution in [0, 0.1) is 0 Å². The number of benzene rings is 1. The van der Waals surface area contributed by atoms with Gasteiger partial charge in [0.25, 0.3) is 11.8 Å². The molecule has 0 spiro atoms. The van der Waals surface area contributed by atoms with Crippen LogP contribution in [0.3, 0.4) is 0 Å². The highest BCUT2D eigenvalue weighted by atomic mass is 35.5. The number of aromatic nitrogens is 3. The average Bonchev–Trinajstić information content (AvgIpc) is 3.25. The Morgan fingerprint density at radius 1 is 1.17 bits per heavy atom. The van der Waals surface area contributed by atoms with Crippen molar-refractivity contribution in [3.05, 3.63) is 70.3 Å². The number of fused-ring (bicyclic) bond motifs is 1. The molecule has 0 bridgehead atoms. The maximum Gasteiger partial charge on any atom is 0.269 e. The number of ether oxygens (including phenoxy) is 1. The van der Waals surface area contributed by atoms with E-state index in [2.05, 4.69) is 25.8 Å². The summed E-state index contributed by atoms with van der Waals surface area (Å²) in [6.45, 7) is 0.248. The molecule has 0 saturated heterocycles. The molecule has 1 amide bonds. The quantitative estimate of drug-likeness (QED) is 0.475. The molecule has 29 heavy (non-hydrogen) atoms. The lowest BCUT2D eigenvalue weighted by Crippen LogP contribution is -2.19. The number of hydrogen-bond donors (Lipinski definition) is 2. The van der Waals surface area contributed by atoms with Crippen molar-refractivity contribution in [1.82, 2.24) is 20.5 Å². The van der Waals surface area contributed by atoms with Crippen LogP contribution < -0.4 is 15.4 Å². The lowest BCUT2D eigenvalue weighted by molar-refractivity contribution is 0.0958. The minimum Gasteiger partial charge on any atom is -0.471 e. The summed E-state index contributed by atoms with van der Waals surface area (Å²) in [5, 5.41) is 17.9. The zero-order valence-electron chi connectivity index (χ0n) is 15.3. The predicted molar refractivity (Wildman–Crippen MR) is 114 cm³/mol. The van der Waals surface area contributed by atoms with Gasteiger partial charge in [0.1, 0.15) is 17.0 Å². The van der Waals surface area contributed by atoms with Gasteiger partial charge in [0.15, 0.2) is 5.82 Å². The zero-order chi connectivity index (χ0) is 20.2. The Bertz CT molecular complexity index is 1160. The number of rotatable bonds is 6. The third kappa shape index (κ3) is 4.28. The van der Waals surface area contributed by atoms with E-state index in [9.17, 15) is 4.79 Å². The molecule has 146 valence electrons. The highest BCUT2D eigenvalue weighted by Crippen LogP contribution is 2.34. The number of pyridine rings is 1. The maximum absolute atomic E-state index is 11.7. The smallest absolute Gasteiger partial charge is 0.269 e. The average molecular weight is 426 g/mol. The summed E-state index contributed by atoms with van der Waals surface area (Å²) >= 11 is 7.46. The van der Waals surface area contributed by atoms with Gasteiger partial charge in [-0.25, -0.2) is 0 Å². The molecule has 1 aromatic carbocycles. The fourth-order valence-corrected chi connectivity index (χ4v) is 3.64. The molecule has 3 aromatic heterocycles. The van der Waals surface area contributed by atoms with Crippen LogP contribution >= 0.6 is 22.9 Å². The van der Waals surface area contributed by atoms with Gasteiger partial charge in [-0.15, -0.1) is 21.5 Å². The van der Waals surface area contributed by atoms with Crippen LogP contribution in [0.2, 0.25) is 5.02 Å². The molecule has 0 fully saturated rings.